The fourth-order valence-electron chi connectivity index (χ4n) is 4.41. The number of carbonyl (C=O) groups excluding carboxylic acids is 3. The summed E-state index contributed by atoms with van der Waals surface area (Å²) in [5.41, 5.74) is 2.63. The van der Waals surface area contributed by atoms with Gasteiger partial charge in [0, 0.05) is 11.7 Å². The van der Waals surface area contributed by atoms with Gasteiger partial charge in [0.2, 0.25) is 5.91 Å². The van der Waals surface area contributed by atoms with Crippen LogP contribution >= 0.6 is 0 Å². The molecule has 3 rings (SSSR count). The number of rotatable bonds is 9. The molecule has 0 aromatic heterocycles. The SMILES string of the molecule is COc1ccc(NC(=O)C(c2ccc(C)cc2C)N(C(=O)C(NC(=O)OC(C)(C)C)C(C)C)C2CC2)cc1. The smallest absolute Gasteiger partial charge is 0.408 e. The van der Waals surface area contributed by atoms with Crippen LogP contribution in [0.25, 0.3) is 0 Å². The average Bonchev–Trinajstić information content (AvgIpc) is 3.65. The lowest BCUT2D eigenvalue weighted by Crippen LogP contribution is -2.55. The second-order valence-corrected chi connectivity index (χ2v) is 11.3. The van der Waals surface area contributed by atoms with Crippen LogP contribution in [-0.4, -0.2) is 47.6 Å². The minimum absolute atomic E-state index is 0.100. The van der Waals surface area contributed by atoms with E-state index in [1.54, 1.807) is 57.0 Å². The summed E-state index contributed by atoms with van der Waals surface area (Å²) in [6.07, 6.45) is 0.923. The van der Waals surface area contributed by atoms with Gasteiger partial charge in [-0.25, -0.2) is 4.79 Å². The van der Waals surface area contributed by atoms with Crippen molar-refractivity contribution in [2.24, 2.45) is 5.92 Å². The third-order valence-corrected chi connectivity index (χ3v) is 6.40. The molecule has 1 aliphatic rings. The molecule has 0 radical (unpaired) electrons. The third kappa shape index (κ3) is 7.49. The molecular weight excluding hydrogens is 482 g/mol. The Morgan fingerprint density at radius 2 is 1.63 bits per heavy atom. The van der Waals surface area contributed by atoms with E-state index in [0.29, 0.717) is 11.4 Å². The van der Waals surface area contributed by atoms with Gasteiger partial charge in [-0.15, -0.1) is 0 Å². The zero-order valence-corrected chi connectivity index (χ0v) is 23.8. The lowest BCUT2D eigenvalue weighted by Gasteiger charge is -2.36. The fourth-order valence-corrected chi connectivity index (χ4v) is 4.41. The molecule has 8 nitrogen and oxygen atoms in total. The van der Waals surface area contributed by atoms with Crippen LogP contribution < -0.4 is 15.4 Å². The van der Waals surface area contributed by atoms with Gasteiger partial charge in [-0.1, -0.05) is 37.6 Å². The van der Waals surface area contributed by atoms with Crippen molar-refractivity contribution in [2.45, 2.75) is 85.0 Å². The van der Waals surface area contributed by atoms with Gasteiger partial charge < -0.3 is 25.0 Å². The molecule has 1 saturated carbocycles. The quantitative estimate of drug-likeness (QED) is 0.450. The Hall–Kier alpha value is -3.55. The first-order valence-corrected chi connectivity index (χ1v) is 13.1. The number of hydrogen-bond acceptors (Lipinski definition) is 5. The molecule has 3 amide bonds. The van der Waals surface area contributed by atoms with Crippen LogP contribution in [-0.2, 0) is 14.3 Å². The Morgan fingerprint density at radius 1 is 1.00 bits per heavy atom. The van der Waals surface area contributed by atoms with Crippen LogP contribution in [0, 0.1) is 19.8 Å². The Kier molecular flexibility index (Phi) is 9.07. The van der Waals surface area contributed by atoms with Crippen LogP contribution in [0.1, 0.15) is 70.2 Å². The highest BCUT2D eigenvalue weighted by Crippen LogP contribution is 2.38. The highest BCUT2D eigenvalue weighted by atomic mass is 16.6. The summed E-state index contributed by atoms with van der Waals surface area (Å²) >= 11 is 0. The highest BCUT2D eigenvalue weighted by Gasteiger charge is 2.45. The first-order chi connectivity index (χ1) is 17.8. The topological polar surface area (TPSA) is 97.0 Å². The predicted octanol–water partition coefficient (Wildman–Crippen LogP) is 5.53. The summed E-state index contributed by atoms with van der Waals surface area (Å²) in [7, 11) is 1.58. The summed E-state index contributed by atoms with van der Waals surface area (Å²) < 4.78 is 10.7. The van der Waals surface area contributed by atoms with Crippen molar-refractivity contribution in [1.29, 1.82) is 0 Å². The van der Waals surface area contributed by atoms with Crippen molar-refractivity contribution in [3.8, 4) is 5.75 Å². The van der Waals surface area contributed by atoms with Crippen LogP contribution in [0.4, 0.5) is 10.5 Å². The number of amides is 3. The minimum atomic E-state index is -0.876. The van der Waals surface area contributed by atoms with Crippen molar-refractivity contribution in [3.05, 3.63) is 59.2 Å². The molecule has 1 aliphatic carbocycles. The number of aryl methyl sites for hydroxylation is 2. The monoisotopic (exact) mass is 523 g/mol. The zero-order chi connectivity index (χ0) is 28.2. The number of hydrogen-bond donors (Lipinski definition) is 2. The molecule has 2 atom stereocenters. The molecule has 0 spiro atoms. The van der Waals surface area contributed by atoms with Gasteiger partial charge >= 0.3 is 6.09 Å². The standard InChI is InChI=1S/C30H41N3O5/c1-18(2)25(32-29(36)38-30(5,6)7)28(35)33(22-12-13-22)26(24-16-9-19(3)17-20(24)4)27(34)31-21-10-14-23(37-8)15-11-21/h9-11,14-18,22,25-26H,12-13H2,1-8H3,(H,31,34)(H,32,36). The van der Waals surface area contributed by atoms with Gasteiger partial charge in [0.1, 0.15) is 23.4 Å². The summed E-state index contributed by atoms with van der Waals surface area (Å²) in [6, 6.07) is 11.1. The van der Waals surface area contributed by atoms with E-state index in [0.717, 1.165) is 29.5 Å². The molecule has 0 saturated heterocycles. The van der Waals surface area contributed by atoms with E-state index in [4.69, 9.17) is 9.47 Å². The molecule has 0 heterocycles. The second kappa shape index (κ2) is 11.9. The fraction of sp³-hybridized carbons (Fsp3) is 0.500. The maximum atomic E-state index is 14.2. The van der Waals surface area contributed by atoms with Gasteiger partial charge in [0.05, 0.1) is 7.11 Å². The number of ether oxygens (including phenoxy) is 2. The number of nitrogens with zero attached hydrogens (tertiary/aromatic N) is 1. The molecule has 2 aromatic rings. The minimum Gasteiger partial charge on any atom is -0.497 e. The van der Waals surface area contributed by atoms with Gasteiger partial charge in [0.15, 0.2) is 0 Å². The Labute approximate surface area is 226 Å². The molecular formula is C30H41N3O5. The predicted molar refractivity (Wildman–Crippen MR) is 148 cm³/mol. The molecule has 2 unspecified atom stereocenters. The van der Waals surface area contributed by atoms with Gasteiger partial charge in [-0.2, -0.15) is 0 Å². The molecule has 2 N–H and O–H groups in total. The molecule has 0 aliphatic heterocycles. The molecule has 0 bridgehead atoms. The number of nitrogens with one attached hydrogen (secondary N) is 2. The van der Waals surface area contributed by atoms with E-state index in [9.17, 15) is 14.4 Å². The first kappa shape index (κ1) is 29.0. The number of anilines is 1. The van der Waals surface area contributed by atoms with Crippen LogP contribution in [0.3, 0.4) is 0 Å². The van der Waals surface area contributed by atoms with Crippen molar-refractivity contribution in [2.75, 3.05) is 12.4 Å². The van der Waals surface area contributed by atoms with Gasteiger partial charge in [-0.05, 0) is 88.8 Å². The van der Waals surface area contributed by atoms with Crippen LogP contribution in [0.15, 0.2) is 42.5 Å². The summed E-state index contributed by atoms with van der Waals surface area (Å²) in [5.74, 6) is -0.164. The normalized spacial score (nSPS) is 14.9. The second-order valence-electron chi connectivity index (χ2n) is 11.3. The Morgan fingerprint density at radius 3 is 2.13 bits per heavy atom. The average molecular weight is 524 g/mol. The van der Waals surface area contributed by atoms with Crippen molar-refractivity contribution >= 4 is 23.6 Å². The van der Waals surface area contributed by atoms with Crippen molar-refractivity contribution < 1.29 is 23.9 Å². The number of alkyl carbamates (subject to hydrolysis) is 1. The van der Waals surface area contributed by atoms with E-state index in [-0.39, 0.29) is 23.8 Å². The largest absolute Gasteiger partial charge is 0.497 e. The van der Waals surface area contributed by atoms with Crippen molar-refractivity contribution in [3.63, 3.8) is 0 Å². The van der Waals surface area contributed by atoms with E-state index < -0.39 is 23.8 Å². The Bertz CT molecular complexity index is 1150. The molecule has 2 aromatic carbocycles. The number of methoxy groups -OCH3 is 1. The summed E-state index contributed by atoms with van der Waals surface area (Å²) in [6.45, 7) is 13.0. The summed E-state index contributed by atoms with van der Waals surface area (Å²) in [5, 5.41) is 5.76. The summed E-state index contributed by atoms with van der Waals surface area (Å²) in [4.78, 5) is 42.4. The lowest BCUT2D eigenvalue weighted by atomic mass is 9.95. The maximum Gasteiger partial charge on any atom is 0.408 e. The van der Waals surface area contributed by atoms with E-state index in [1.165, 1.54) is 0 Å². The van der Waals surface area contributed by atoms with Crippen molar-refractivity contribution in [1.82, 2.24) is 10.2 Å². The van der Waals surface area contributed by atoms with Gasteiger partial charge in [-0.3, -0.25) is 9.59 Å². The lowest BCUT2D eigenvalue weighted by molar-refractivity contribution is -0.142. The van der Waals surface area contributed by atoms with E-state index in [1.807, 2.05) is 45.9 Å². The zero-order valence-electron chi connectivity index (χ0n) is 23.8. The van der Waals surface area contributed by atoms with E-state index >= 15 is 0 Å². The maximum absolute atomic E-state index is 14.2. The molecule has 1 fully saturated rings. The third-order valence-electron chi connectivity index (χ3n) is 6.40. The molecule has 206 valence electrons. The Balaban J connectivity index is 2.00. The molecule has 38 heavy (non-hydrogen) atoms. The number of carbonyl (C=O) groups is 3. The highest BCUT2D eigenvalue weighted by molar-refractivity contribution is 5.99. The van der Waals surface area contributed by atoms with Gasteiger partial charge in [0.25, 0.3) is 5.91 Å². The molecule has 8 heteroatoms. The van der Waals surface area contributed by atoms with E-state index in [2.05, 4.69) is 10.6 Å². The first-order valence-electron chi connectivity index (χ1n) is 13.1. The van der Waals surface area contributed by atoms with Crippen LogP contribution in [0.5, 0.6) is 5.75 Å². The number of benzene rings is 2. The van der Waals surface area contributed by atoms with Crippen LogP contribution in [0.2, 0.25) is 0 Å².